The van der Waals surface area contributed by atoms with Crippen LogP contribution in [0, 0.1) is 6.92 Å². The first-order valence-corrected chi connectivity index (χ1v) is 8.88. The second-order valence-corrected chi connectivity index (χ2v) is 6.39. The average Bonchev–Trinajstić information content (AvgIpc) is 2.73. The number of amides is 1. The number of carbonyl (C=O) groups excluding carboxylic acids is 1. The van der Waals surface area contributed by atoms with Crippen molar-refractivity contribution in [2.45, 2.75) is 13.5 Å². The highest BCUT2D eigenvalue weighted by atomic mass is 16.5. The van der Waals surface area contributed by atoms with Gasteiger partial charge in [-0.3, -0.25) is 9.78 Å². The number of ether oxygens (including phenoxy) is 1. The standard InChI is InChI=1S/C22H18N2O4/c1-14-19(27-13-20(25)24-12-15-6-4-5-11-23-15)10-9-17-16-7-2-3-8-18(16)22(26)28-21(14)17/h2-11H,12-13H2,1H3,(H,24,25). The van der Waals surface area contributed by atoms with E-state index in [-0.39, 0.29) is 12.5 Å². The monoisotopic (exact) mass is 374 g/mol. The maximum absolute atomic E-state index is 12.3. The minimum Gasteiger partial charge on any atom is -0.483 e. The summed E-state index contributed by atoms with van der Waals surface area (Å²) in [7, 11) is 0. The van der Waals surface area contributed by atoms with Gasteiger partial charge in [-0.2, -0.15) is 0 Å². The molecule has 0 spiro atoms. The van der Waals surface area contributed by atoms with Gasteiger partial charge in [0, 0.05) is 17.1 Å². The molecule has 28 heavy (non-hydrogen) atoms. The van der Waals surface area contributed by atoms with Gasteiger partial charge in [-0.15, -0.1) is 0 Å². The van der Waals surface area contributed by atoms with E-state index in [1.54, 1.807) is 31.3 Å². The van der Waals surface area contributed by atoms with Gasteiger partial charge in [-0.05, 0) is 42.6 Å². The zero-order valence-corrected chi connectivity index (χ0v) is 15.3. The summed E-state index contributed by atoms with van der Waals surface area (Å²) in [5, 5.41) is 4.96. The number of rotatable bonds is 5. The van der Waals surface area contributed by atoms with E-state index in [2.05, 4.69) is 10.3 Å². The molecule has 1 amide bonds. The third kappa shape index (κ3) is 3.44. The van der Waals surface area contributed by atoms with E-state index >= 15 is 0 Å². The number of hydrogen-bond donors (Lipinski definition) is 1. The Morgan fingerprint density at radius 1 is 1.04 bits per heavy atom. The lowest BCUT2D eigenvalue weighted by molar-refractivity contribution is -0.123. The number of aromatic nitrogens is 1. The third-order valence-electron chi connectivity index (χ3n) is 4.54. The summed E-state index contributed by atoms with van der Waals surface area (Å²) in [6.07, 6.45) is 1.67. The van der Waals surface area contributed by atoms with Gasteiger partial charge in [0.2, 0.25) is 0 Å². The highest BCUT2D eigenvalue weighted by Crippen LogP contribution is 2.30. The molecule has 1 N–H and O–H groups in total. The molecule has 0 atom stereocenters. The highest BCUT2D eigenvalue weighted by molar-refractivity contribution is 6.05. The average molecular weight is 374 g/mol. The van der Waals surface area contributed by atoms with E-state index in [9.17, 15) is 9.59 Å². The Kier molecular flexibility index (Phi) is 4.76. The molecule has 4 aromatic rings. The number of nitrogens with zero attached hydrogens (tertiary/aromatic N) is 1. The number of nitrogens with one attached hydrogen (secondary N) is 1. The van der Waals surface area contributed by atoms with Crippen LogP contribution < -0.4 is 15.7 Å². The molecule has 0 aliphatic carbocycles. The van der Waals surface area contributed by atoms with E-state index in [4.69, 9.17) is 9.15 Å². The summed E-state index contributed by atoms with van der Waals surface area (Å²) in [5.41, 5.74) is 1.52. The summed E-state index contributed by atoms with van der Waals surface area (Å²) in [6.45, 7) is 2.00. The van der Waals surface area contributed by atoms with Crippen molar-refractivity contribution in [1.82, 2.24) is 10.3 Å². The van der Waals surface area contributed by atoms with E-state index in [0.717, 1.165) is 16.5 Å². The van der Waals surface area contributed by atoms with E-state index in [1.165, 1.54) is 0 Å². The fraction of sp³-hybridized carbons (Fsp3) is 0.136. The van der Waals surface area contributed by atoms with Crippen LogP contribution in [0.5, 0.6) is 5.75 Å². The zero-order chi connectivity index (χ0) is 19.5. The quantitative estimate of drug-likeness (QED) is 0.428. The van der Waals surface area contributed by atoms with Crippen molar-refractivity contribution in [2.24, 2.45) is 0 Å². The molecule has 4 rings (SSSR count). The topological polar surface area (TPSA) is 81.4 Å². The highest BCUT2D eigenvalue weighted by Gasteiger charge is 2.13. The molecule has 6 nitrogen and oxygen atoms in total. The van der Waals surface area contributed by atoms with Gasteiger partial charge in [-0.1, -0.05) is 24.3 Å². The Morgan fingerprint density at radius 2 is 1.82 bits per heavy atom. The van der Waals surface area contributed by atoms with Crippen LogP contribution >= 0.6 is 0 Å². The molecule has 2 aromatic carbocycles. The first-order valence-electron chi connectivity index (χ1n) is 8.88. The van der Waals surface area contributed by atoms with Crippen molar-refractivity contribution in [2.75, 3.05) is 6.61 Å². The first kappa shape index (κ1) is 17.7. The summed E-state index contributed by atoms with van der Waals surface area (Å²) < 4.78 is 11.2. The molecule has 0 saturated heterocycles. The Bertz CT molecular complexity index is 1220. The summed E-state index contributed by atoms with van der Waals surface area (Å²) in [4.78, 5) is 28.5. The lowest BCUT2D eigenvalue weighted by Gasteiger charge is -2.12. The van der Waals surface area contributed by atoms with Crippen LogP contribution in [0.4, 0.5) is 0 Å². The fourth-order valence-electron chi connectivity index (χ4n) is 3.10. The number of pyridine rings is 1. The Labute approximate surface area is 160 Å². The molecule has 0 saturated carbocycles. The molecule has 0 aliphatic rings. The molecule has 2 aromatic heterocycles. The Morgan fingerprint density at radius 3 is 2.61 bits per heavy atom. The minimum absolute atomic E-state index is 0.142. The molecule has 0 bridgehead atoms. The fourth-order valence-corrected chi connectivity index (χ4v) is 3.10. The van der Waals surface area contributed by atoms with Crippen LogP contribution in [-0.4, -0.2) is 17.5 Å². The van der Waals surface area contributed by atoms with Crippen LogP contribution in [-0.2, 0) is 11.3 Å². The van der Waals surface area contributed by atoms with Crippen molar-refractivity contribution in [3.05, 3.63) is 82.5 Å². The van der Waals surface area contributed by atoms with Crippen molar-refractivity contribution in [3.8, 4) is 5.75 Å². The van der Waals surface area contributed by atoms with Gasteiger partial charge in [0.15, 0.2) is 6.61 Å². The first-order chi connectivity index (χ1) is 13.6. The largest absolute Gasteiger partial charge is 0.483 e. The lowest BCUT2D eigenvalue weighted by atomic mass is 10.0. The maximum atomic E-state index is 12.3. The van der Waals surface area contributed by atoms with Gasteiger partial charge < -0.3 is 14.5 Å². The predicted octanol–water partition coefficient (Wildman–Crippen LogP) is 3.34. The zero-order valence-electron chi connectivity index (χ0n) is 15.3. The van der Waals surface area contributed by atoms with Crippen LogP contribution in [0.25, 0.3) is 21.7 Å². The van der Waals surface area contributed by atoms with Crippen molar-refractivity contribution in [1.29, 1.82) is 0 Å². The van der Waals surface area contributed by atoms with Crippen molar-refractivity contribution < 1.29 is 13.9 Å². The Hall–Kier alpha value is -3.67. The number of aryl methyl sites for hydroxylation is 1. The molecule has 140 valence electrons. The number of benzene rings is 2. The second kappa shape index (κ2) is 7.52. The van der Waals surface area contributed by atoms with Gasteiger partial charge in [0.05, 0.1) is 17.6 Å². The third-order valence-corrected chi connectivity index (χ3v) is 4.54. The maximum Gasteiger partial charge on any atom is 0.344 e. The van der Waals surface area contributed by atoms with Crippen molar-refractivity contribution in [3.63, 3.8) is 0 Å². The molecule has 0 unspecified atom stereocenters. The summed E-state index contributed by atoms with van der Waals surface area (Å²) in [5.74, 6) is 0.240. The smallest absolute Gasteiger partial charge is 0.344 e. The van der Waals surface area contributed by atoms with E-state index < -0.39 is 5.63 Å². The van der Waals surface area contributed by atoms with Gasteiger partial charge in [0.25, 0.3) is 5.91 Å². The predicted molar refractivity (Wildman–Crippen MR) is 106 cm³/mol. The van der Waals surface area contributed by atoms with Crippen LogP contribution in [0.1, 0.15) is 11.3 Å². The van der Waals surface area contributed by atoms with Gasteiger partial charge in [0.1, 0.15) is 11.3 Å². The summed E-state index contributed by atoms with van der Waals surface area (Å²) >= 11 is 0. The van der Waals surface area contributed by atoms with Crippen LogP contribution in [0.2, 0.25) is 0 Å². The normalized spacial score (nSPS) is 10.9. The molecular formula is C22H18N2O4. The van der Waals surface area contributed by atoms with Crippen molar-refractivity contribution >= 4 is 27.6 Å². The van der Waals surface area contributed by atoms with E-state index in [0.29, 0.717) is 28.8 Å². The van der Waals surface area contributed by atoms with Crippen LogP contribution in [0.15, 0.2) is 70.0 Å². The second-order valence-electron chi connectivity index (χ2n) is 6.39. The molecule has 0 radical (unpaired) electrons. The number of hydrogen-bond acceptors (Lipinski definition) is 5. The molecular weight excluding hydrogens is 356 g/mol. The SMILES string of the molecule is Cc1c(OCC(=O)NCc2ccccn2)ccc2c1oc(=O)c1ccccc12. The Balaban J connectivity index is 1.53. The summed E-state index contributed by atoms with van der Waals surface area (Å²) in [6, 6.07) is 16.5. The number of carbonyl (C=O) groups is 1. The molecule has 6 heteroatoms. The lowest BCUT2D eigenvalue weighted by Crippen LogP contribution is -2.28. The molecule has 0 fully saturated rings. The number of fused-ring (bicyclic) bond motifs is 3. The van der Waals surface area contributed by atoms with Gasteiger partial charge in [-0.25, -0.2) is 4.79 Å². The van der Waals surface area contributed by atoms with Crippen LogP contribution in [0.3, 0.4) is 0 Å². The van der Waals surface area contributed by atoms with E-state index in [1.807, 2.05) is 36.4 Å². The minimum atomic E-state index is -0.392. The molecule has 0 aliphatic heterocycles. The molecule has 2 heterocycles. The van der Waals surface area contributed by atoms with Gasteiger partial charge >= 0.3 is 5.63 Å².